The maximum atomic E-state index is 12.5. The highest BCUT2D eigenvalue weighted by atomic mass is 35.5. The summed E-state index contributed by atoms with van der Waals surface area (Å²) in [6.07, 6.45) is 6.73. The Kier molecular flexibility index (Phi) is 6.05. The van der Waals surface area contributed by atoms with E-state index in [1.165, 1.54) is 12.8 Å². The van der Waals surface area contributed by atoms with Crippen LogP contribution in [0.1, 0.15) is 52.4 Å². The van der Waals surface area contributed by atoms with E-state index in [1.54, 1.807) is 38.1 Å². The fourth-order valence-corrected chi connectivity index (χ4v) is 2.94. The zero-order chi connectivity index (χ0) is 16.9. The summed E-state index contributed by atoms with van der Waals surface area (Å²) >= 11 is 5.92. The normalized spacial score (nSPS) is 16.5. The van der Waals surface area contributed by atoms with Crippen molar-refractivity contribution in [3.63, 3.8) is 0 Å². The third kappa shape index (κ3) is 4.96. The SMILES string of the molecule is CC(C)(C(=O)Nc1cccc(Cl)c1)C(=O)NC1CCCCCC1. The number of benzene rings is 1. The Hall–Kier alpha value is -1.55. The molecule has 2 amide bonds. The lowest BCUT2D eigenvalue weighted by molar-refractivity contribution is -0.138. The maximum Gasteiger partial charge on any atom is 0.239 e. The first-order valence-corrected chi connectivity index (χ1v) is 8.65. The van der Waals surface area contributed by atoms with Crippen LogP contribution in [0.2, 0.25) is 5.02 Å². The average Bonchev–Trinajstić information content (AvgIpc) is 2.75. The van der Waals surface area contributed by atoms with Gasteiger partial charge in [0.25, 0.3) is 0 Å². The van der Waals surface area contributed by atoms with Crippen molar-refractivity contribution >= 4 is 29.1 Å². The number of anilines is 1. The number of halogens is 1. The Labute approximate surface area is 143 Å². The van der Waals surface area contributed by atoms with Crippen molar-refractivity contribution in [3.8, 4) is 0 Å². The van der Waals surface area contributed by atoms with Gasteiger partial charge in [-0.15, -0.1) is 0 Å². The molecule has 1 aliphatic rings. The van der Waals surface area contributed by atoms with Crippen LogP contribution in [0.15, 0.2) is 24.3 Å². The minimum Gasteiger partial charge on any atom is -0.352 e. The Balaban J connectivity index is 1.97. The van der Waals surface area contributed by atoms with Gasteiger partial charge in [-0.2, -0.15) is 0 Å². The summed E-state index contributed by atoms with van der Waals surface area (Å²) in [4.78, 5) is 25.0. The lowest BCUT2D eigenvalue weighted by Crippen LogP contribution is -2.48. The minimum atomic E-state index is -1.13. The van der Waals surface area contributed by atoms with Gasteiger partial charge in [0.1, 0.15) is 5.41 Å². The molecule has 2 rings (SSSR count). The fraction of sp³-hybridized carbons (Fsp3) is 0.556. The first-order valence-electron chi connectivity index (χ1n) is 8.27. The molecular formula is C18H25ClN2O2. The smallest absolute Gasteiger partial charge is 0.239 e. The van der Waals surface area contributed by atoms with Crippen LogP contribution in [0.3, 0.4) is 0 Å². The number of hydrogen-bond donors (Lipinski definition) is 2. The van der Waals surface area contributed by atoms with E-state index in [0.29, 0.717) is 10.7 Å². The Morgan fingerprint density at radius 1 is 1.09 bits per heavy atom. The van der Waals surface area contributed by atoms with E-state index in [-0.39, 0.29) is 17.9 Å². The molecule has 1 aromatic carbocycles. The van der Waals surface area contributed by atoms with Gasteiger partial charge in [0.2, 0.25) is 11.8 Å². The van der Waals surface area contributed by atoms with Crippen LogP contribution in [0.5, 0.6) is 0 Å². The first kappa shape index (κ1) is 17.8. The molecule has 0 aliphatic heterocycles. The largest absolute Gasteiger partial charge is 0.352 e. The highest BCUT2D eigenvalue weighted by molar-refractivity contribution is 6.31. The van der Waals surface area contributed by atoms with Crippen LogP contribution in [-0.2, 0) is 9.59 Å². The van der Waals surface area contributed by atoms with E-state index in [0.717, 1.165) is 25.7 Å². The number of amides is 2. The van der Waals surface area contributed by atoms with Crippen LogP contribution in [0.4, 0.5) is 5.69 Å². The highest BCUT2D eigenvalue weighted by Crippen LogP contribution is 2.23. The Morgan fingerprint density at radius 2 is 1.74 bits per heavy atom. The number of rotatable bonds is 4. The van der Waals surface area contributed by atoms with E-state index in [2.05, 4.69) is 10.6 Å². The summed E-state index contributed by atoms with van der Waals surface area (Å²) in [7, 11) is 0. The zero-order valence-corrected chi connectivity index (χ0v) is 14.6. The minimum absolute atomic E-state index is 0.184. The van der Waals surface area contributed by atoms with E-state index in [1.807, 2.05) is 0 Å². The molecule has 1 aliphatic carbocycles. The van der Waals surface area contributed by atoms with Crippen LogP contribution >= 0.6 is 11.6 Å². The third-order valence-corrected chi connectivity index (χ3v) is 4.64. The molecule has 2 N–H and O–H groups in total. The topological polar surface area (TPSA) is 58.2 Å². The summed E-state index contributed by atoms with van der Waals surface area (Å²) in [6, 6.07) is 7.10. The molecule has 0 saturated heterocycles. The molecule has 0 atom stereocenters. The molecule has 0 unspecified atom stereocenters. The van der Waals surface area contributed by atoms with E-state index in [9.17, 15) is 9.59 Å². The van der Waals surface area contributed by atoms with Gasteiger partial charge in [-0.25, -0.2) is 0 Å². The predicted molar refractivity (Wildman–Crippen MR) is 93.5 cm³/mol. The highest BCUT2D eigenvalue weighted by Gasteiger charge is 2.37. The molecule has 0 aromatic heterocycles. The lowest BCUT2D eigenvalue weighted by Gasteiger charge is -2.26. The van der Waals surface area contributed by atoms with Gasteiger partial charge in [0.15, 0.2) is 0 Å². The van der Waals surface area contributed by atoms with Crippen molar-refractivity contribution in [2.45, 2.75) is 58.4 Å². The number of hydrogen-bond acceptors (Lipinski definition) is 2. The monoisotopic (exact) mass is 336 g/mol. The molecule has 0 bridgehead atoms. The van der Waals surface area contributed by atoms with E-state index < -0.39 is 5.41 Å². The second-order valence-corrected chi connectivity index (χ2v) is 7.19. The first-order chi connectivity index (χ1) is 10.9. The lowest BCUT2D eigenvalue weighted by atomic mass is 9.90. The van der Waals surface area contributed by atoms with Crippen LogP contribution < -0.4 is 10.6 Å². The van der Waals surface area contributed by atoms with Gasteiger partial charge in [0.05, 0.1) is 0 Å². The summed E-state index contributed by atoms with van der Waals surface area (Å²) in [5.74, 6) is -0.546. The standard InChI is InChI=1S/C18H25ClN2O2/c1-18(2,16(22)20-14-9-5-3-4-6-10-14)17(23)21-15-11-7-8-13(19)12-15/h7-8,11-12,14H,3-6,9-10H2,1-2H3,(H,20,22)(H,21,23). The summed E-state index contributed by atoms with van der Waals surface area (Å²) in [5, 5.41) is 6.37. The molecule has 1 saturated carbocycles. The fourth-order valence-electron chi connectivity index (χ4n) is 2.75. The molecule has 1 fully saturated rings. The Bertz CT molecular complexity index is 564. The molecule has 5 heteroatoms. The van der Waals surface area contributed by atoms with Crippen molar-refractivity contribution in [2.24, 2.45) is 5.41 Å². The molecule has 4 nitrogen and oxygen atoms in total. The second kappa shape index (κ2) is 7.82. The third-order valence-electron chi connectivity index (χ3n) is 4.41. The van der Waals surface area contributed by atoms with Gasteiger partial charge in [-0.05, 0) is 44.9 Å². The van der Waals surface area contributed by atoms with Crippen molar-refractivity contribution in [1.29, 1.82) is 0 Å². The van der Waals surface area contributed by atoms with Crippen LogP contribution in [0, 0.1) is 5.41 Å². The van der Waals surface area contributed by atoms with Gasteiger partial charge < -0.3 is 10.6 Å². The second-order valence-electron chi connectivity index (χ2n) is 6.75. The summed E-state index contributed by atoms with van der Waals surface area (Å²) in [6.45, 7) is 3.30. The number of carbonyl (C=O) groups is 2. The average molecular weight is 337 g/mol. The van der Waals surface area contributed by atoms with Crippen molar-refractivity contribution < 1.29 is 9.59 Å². The number of carbonyl (C=O) groups excluding carboxylic acids is 2. The van der Waals surface area contributed by atoms with Crippen LogP contribution in [0.25, 0.3) is 0 Å². The molecule has 0 heterocycles. The van der Waals surface area contributed by atoms with Gasteiger partial charge >= 0.3 is 0 Å². The van der Waals surface area contributed by atoms with Crippen molar-refractivity contribution in [3.05, 3.63) is 29.3 Å². The van der Waals surface area contributed by atoms with Gasteiger partial charge in [-0.3, -0.25) is 9.59 Å². The predicted octanol–water partition coefficient (Wildman–Crippen LogP) is 4.14. The van der Waals surface area contributed by atoms with Crippen molar-refractivity contribution in [1.82, 2.24) is 5.32 Å². The summed E-state index contributed by atoms with van der Waals surface area (Å²) in [5.41, 5.74) is -0.535. The van der Waals surface area contributed by atoms with Crippen molar-refractivity contribution in [2.75, 3.05) is 5.32 Å². The quantitative estimate of drug-likeness (QED) is 0.641. The van der Waals surface area contributed by atoms with E-state index in [4.69, 9.17) is 11.6 Å². The van der Waals surface area contributed by atoms with Crippen LogP contribution in [-0.4, -0.2) is 17.9 Å². The molecular weight excluding hydrogens is 312 g/mol. The molecule has 126 valence electrons. The maximum absolute atomic E-state index is 12.5. The van der Waals surface area contributed by atoms with E-state index >= 15 is 0 Å². The molecule has 0 radical (unpaired) electrons. The van der Waals surface area contributed by atoms with Gasteiger partial charge in [-0.1, -0.05) is 43.4 Å². The Morgan fingerprint density at radius 3 is 2.35 bits per heavy atom. The zero-order valence-electron chi connectivity index (χ0n) is 13.8. The summed E-state index contributed by atoms with van der Waals surface area (Å²) < 4.78 is 0. The molecule has 1 aromatic rings. The molecule has 0 spiro atoms. The molecule has 23 heavy (non-hydrogen) atoms. The number of nitrogens with one attached hydrogen (secondary N) is 2. The van der Waals surface area contributed by atoms with Gasteiger partial charge in [0, 0.05) is 16.8 Å².